The topological polar surface area (TPSA) is 56.8 Å². The molecule has 1 N–H and O–H groups in total. The molecule has 1 aromatic heterocycles. The Morgan fingerprint density at radius 1 is 0.973 bits per heavy atom. The molecule has 4 aliphatic rings. The minimum atomic E-state index is 0.452. The summed E-state index contributed by atoms with van der Waals surface area (Å²) in [6.07, 6.45) is 5.91. The molecule has 37 heavy (non-hydrogen) atoms. The molecule has 0 amide bonds. The Morgan fingerprint density at radius 2 is 1.78 bits per heavy atom. The average Bonchev–Trinajstić information content (AvgIpc) is 3.49. The lowest BCUT2D eigenvalue weighted by Gasteiger charge is -2.37. The van der Waals surface area contributed by atoms with Gasteiger partial charge in [-0.15, -0.1) is 0 Å². The molecule has 194 valence electrons. The number of hydrogen-bond acceptors (Lipinski definition) is 7. The highest BCUT2D eigenvalue weighted by Gasteiger charge is 2.35. The summed E-state index contributed by atoms with van der Waals surface area (Å²) in [6, 6.07) is 15.4. The number of aromatic nitrogens is 2. The Balaban J connectivity index is 1.23. The van der Waals surface area contributed by atoms with E-state index in [4.69, 9.17) is 14.7 Å². The summed E-state index contributed by atoms with van der Waals surface area (Å²) in [5.41, 5.74) is 5.07. The van der Waals surface area contributed by atoms with E-state index in [2.05, 4.69) is 70.4 Å². The third kappa shape index (κ3) is 4.32. The van der Waals surface area contributed by atoms with Crippen molar-refractivity contribution in [3.63, 3.8) is 0 Å². The van der Waals surface area contributed by atoms with Gasteiger partial charge in [0.25, 0.3) is 0 Å². The van der Waals surface area contributed by atoms with E-state index in [1.807, 2.05) is 0 Å². The van der Waals surface area contributed by atoms with Crippen LogP contribution in [-0.4, -0.2) is 72.8 Å². The minimum Gasteiger partial charge on any atom is -0.462 e. The predicted octanol–water partition coefficient (Wildman–Crippen LogP) is 3.91. The maximum Gasteiger partial charge on any atom is 0.318 e. The Morgan fingerprint density at radius 3 is 2.57 bits per heavy atom. The first kappa shape index (κ1) is 23.2. The van der Waals surface area contributed by atoms with Gasteiger partial charge in [-0.2, -0.15) is 9.97 Å². The van der Waals surface area contributed by atoms with Gasteiger partial charge in [0, 0.05) is 54.4 Å². The van der Waals surface area contributed by atoms with Crippen molar-refractivity contribution in [2.75, 3.05) is 49.6 Å². The maximum atomic E-state index is 6.33. The highest BCUT2D eigenvalue weighted by atomic mass is 16.5. The van der Waals surface area contributed by atoms with Crippen LogP contribution < -0.4 is 19.9 Å². The number of fused-ring (bicyclic) bond motifs is 4. The molecule has 7 nitrogen and oxygen atoms in total. The molecular weight excluding hydrogens is 460 g/mol. The number of rotatable bonds is 5. The summed E-state index contributed by atoms with van der Waals surface area (Å²) < 4.78 is 6.33. The van der Waals surface area contributed by atoms with Crippen LogP contribution in [0, 0.1) is 6.92 Å². The lowest BCUT2D eigenvalue weighted by atomic mass is 9.99. The van der Waals surface area contributed by atoms with Crippen molar-refractivity contribution in [1.82, 2.24) is 20.2 Å². The molecule has 0 radical (unpaired) electrons. The van der Waals surface area contributed by atoms with E-state index < -0.39 is 0 Å². The summed E-state index contributed by atoms with van der Waals surface area (Å²) in [4.78, 5) is 17.6. The Bertz CT molecular complexity index is 1290. The van der Waals surface area contributed by atoms with Crippen LogP contribution in [0.15, 0.2) is 36.4 Å². The summed E-state index contributed by atoms with van der Waals surface area (Å²) in [5.74, 6) is 1.12. The number of likely N-dealkylation sites (tertiary alicyclic amines) is 1. The van der Waals surface area contributed by atoms with Gasteiger partial charge in [-0.25, -0.2) is 0 Å². The third-order valence-corrected chi connectivity index (χ3v) is 9.05. The Kier molecular flexibility index (Phi) is 5.93. The molecule has 0 spiro atoms. The van der Waals surface area contributed by atoms with Gasteiger partial charge in [-0.05, 0) is 69.6 Å². The summed E-state index contributed by atoms with van der Waals surface area (Å²) in [6.45, 7) is 7.84. The van der Waals surface area contributed by atoms with Crippen molar-refractivity contribution in [3.8, 4) is 6.01 Å². The second kappa shape index (κ2) is 9.44. The number of hydrogen-bond donors (Lipinski definition) is 1. The van der Waals surface area contributed by atoms with Crippen LogP contribution in [0.3, 0.4) is 0 Å². The fraction of sp³-hybridized carbons (Fsp3) is 0.533. The second-order valence-corrected chi connectivity index (χ2v) is 11.5. The molecule has 0 saturated carbocycles. The number of nitrogens with zero attached hydrogens (tertiary/aromatic N) is 5. The number of piperazine rings is 1. The normalized spacial score (nSPS) is 25.6. The van der Waals surface area contributed by atoms with Crippen molar-refractivity contribution in [2.24, 2.45) is 0 Å². The van der Waals surface area contributed by atoms with Crippen LogP contribution in [0.25, 0.3) is 10.8 Å². The molecule has 3 fully saturated rings. The smallest absolute Gasteiger partial charge is 0.318 e. The van der Waals surface area contributed by atoms with Crippen molar-refractivity contribution >= 4 is 22.3 Å². The van der Waals surface area contributed by atoms with Crippen LogP contribution in [0.5, 0.6) is 6.01 Å². The molecule has 3 atom stereocenters. The van der Waals surface area contributed by atoms with Gasteiger partial charge in [-0.1, -0.05) is 30.3 Å². The van der Waals surface area contributed by atoms with Gasteiger partial charge in [0.15, 0.2) is 0 Å². The SMILES string of the molecule is Cc1cccc2cccc(N3CCc4c(nc(OC[C@@H]5CCCN5C)nc4N4CC5CCC(C4)N5)C3)c12. The minimum absolute atomic E-state index is 0.452. The van der Waals surface area contributed by atoms with E-state index in [9.17, 15) is 0 Å². The summed E-state index contributed by atoms with van der Waals surface area (Å²) >= 11 is 0. The van der Waals surface area contributed by atoms with Crippen molar-refractivity contribution < 1.29 is 4.74 Å². The van der Waals surface area contributed by atoms with E-state index >= 15 is 0 Å². The number of benzene rings is 2. The fourth-order valence-corrected chi connectivity index (χ4v) is 7.02. The first-order valence-corrected chi connectivity index (χ1v) is 14.1. The Labute approximate surface area is 219 Å². The number of nitrogens with one attached hydrogen (secondary N) is 1. The van der Waals surface area contributed by atoms with Crippen LogP contribution in [0.4, 0.5) is 11.5 Å². The number of likely N-dealkylation sites (N-methyl/N-ethyl adjacent to an activating group) is 1. The summed E-state index contributed by atoms with van der Waals surface area (Å²) in [7, 11) is 2.20. The number of anilines is 2. The first-order chi connectivity index (χ1) is 18.1. The standard InChI is InChI=1S/C30H38N6O/c1-20-6-3-7-21-8-4-10-27(28(20)21)35-15-13-25-26(18-35)32-30(37-19-24-9-5-14-34(24)2)33-29(25)36-16-22-11-12-23(17-36)31-22/h3-4,6-8,10,22-24,31H,5,9,11-19H2,1-2H3/t22?,23?,24-/m0/s1. The predicted molar refractivity (Wildman–Crippen MR) is 149 cm³/mol. The van der Waals surface area contributed by atoms with Crippen LogP contribution in [0.1, 0.15) is 42.5 Å². The van der Waals surface area contributed by atoms with Gasteiger partial charge in [0.2, 0.25) is 0 Å². The zero-order chi connectivity index (χ0) is 24.9. The fourth-order valence-electron chi connectivity index (χ4n) is 7.02. The zero-order valence-electron chi connectivity index (χ0n) is 22.1. The van der Waals surface area contributed by atoms with Crippen LogP contribution in [-0.2, 0) is 13.0 Å². The Hall–Kier alpha value is -2.90. The molecule has 2 bridgehead atoms. The largest absolute Gasteiger partial charge is 0.462 e. The quantitative estimate of drug-likeness (QED) is 0.572. The molecule has 0 aliphatic carbocycles. The molecule has 7 rings (SSSR count). The van der Waals surface area contributed by atoms with Gasteiger partial charge in [-0.3, -0.25) is 0 Å². The molecule has 2 aromatic carbocycles. The van der Waals surface area contributed by atoms with Crippen molar-refractivity contribution in [3.05, 3.63) is 53.2 Å². The van der Waals surface area contributed by atoms with E-state index in [1.54, 1.807) is 0 Å². The van der Waals surface area contributed by atoms with Crippen molar-refractivity contribution in [1.29, 1.82) is 0 Å². The molecule has 2 unspecified atom stereocenters. The molecule has 3 aromatic rings. The van der Waals surface area contributed by atoms with Crippen molar-refractivity contribution in [2.45, 2.75) is 63.7 Å². The molecule has 3 saturated heterocycles. The van der Waals surface area contributed by atoms with Gasteiger partial charge in [0.05, 0.1) is 12.2 Å². The molecule has 4 aliphatic heterocycles. The zero-order valence-corrected chi connectivity index (χ0v) is 22.1. The highest BCUT2D eigenvalue weighted by molar-refractivity contribution is 5.97. The second-order valence-electron chi connectivity index (χ2n) is 11.5. The molecule has 5 heterocycles. The van der Waals surface area contributed by atoms with Gasteiger partial charge < -0.3 is 24.8 Å². The lowest BCUT2D eigenvalue weighted by molar-refractivity contribution is 0.187. The van der Waals surface area contributed by atoms with E-state index in [0.29, 0.717) is 30.7 Å². The van der Waals surface area contributed by atoms with Gasteiger partial charge >= 0.3 is 6.01 Å². The number of ether oxygens (including phenoxy) is 1. The van der Waals surface area contributed by atoms with Gasteiger partial charge in [0.1, 0.15) is 12.4 Å². The highest BCUT2D eigenvalue weighted by Crippen LogP contribution is 2.36. The molecular formula is C30H38N6O. The maximum absolute atomic E-state index is 6.33. The van der Waals surface area contributed by atoms with E-state index in [-0.39, 0.29) is 0 Å². The summed E-state index contributed by atoms with van der Waals surface area (Å²) in [5, 5.41) is 6.42. The van der Waals surface area contributed by atoms with Crippen LogP contribution >= 0.6 is 0 Å². The average molecular weight is 499 g/mol. The lowest BCUT2D eigenvalue weighted by Crippen LogP contribution is -2.52. The number of aryl methyl sites for hydroxylation is 1. The first-order valence-electron chi connectivity index (χ1n) is 14.1. The monoisotopic (exact) mass is 498 g/mol. The van der Waals surface area contributed by atoms with Crippen LogP contribution in [0.2, 0.25) is 0 Å². The van der Waals surface area contributed by atoms with E-state index in [0.717, 1.165) is 50.7 Å². The third-order valence-electron chi connectivity index (χ3n) is 9.05. The molecule has 7 heteroatoms. The van der Waals surface area contributed by atoms with E-state index in [1.165, 1.54) is 53.3 Å².